The highest BCUT2D eigenvalue weighted by atomic mass is 16.7. The van der Waals surface area contributed by atoms with Crippen molar-refractivity contribution < 1.29 is 9.63 Å². The molecule has 1 unspecified atom stereocenters. The van der Waals surface area contributed by atoms with Crippen molar-refractivity contribution in [2.24, 2.45) is 18.1 Å². The summed E-state index contributed by atoms with van der Waals surface area (Å²) >= 11 is 0. The molecule has 5 heteroatoms. The van der Waals surface area contributed by atoms with Crippen LogP contribution < -0.4 is 0 Å². The highest BCUT2D eigenvalue weighted by Gasteiger charge is 2.39. The van der Waals surface area contributed by atoms with Gasteiger partial charge in [-0.3, -0.25) is 9.48 Å². The number of carbonyl (C=O) groups is 1. The second-order valence-corrected chi connectivity index (χ2v) is 7.49. The van der Waals surface area contributed by atoms with E-state index < -0.39 is 5.60 Å². The predicted octanol–water partition coefficient (Wildman–Crippen LogP) is 3.75. The fraction of sp³-hybridized carbons (Fsp3) is 0.450. The van der Waals surface area contributed by atoms with Crippen LogP contribution in [0.5, 0.6) is 0 Å². The summed E-state index contributed by atoms with van der Waals surface area (Å²) in [5, 5.41) is 8.72. The average molecular weight is 337 g/mol. The quantitative estimate of drug-likeness (QED) is 0.781. The number of benzene rings is 1. The number of aromatic nitrogens is 2. The highest BCUT2D eigenvalue weighted by Crippen LogP contribution is 2.37. The fourth-order valence-corrected chi connectivity index (χ4v) is 3.51. The molecule has 2 aliphatic rings. The van der Waals surface area contributed by atoms with Crippen molar-refractivity contribution in [3.63, 3.8) is 0 Å². The number of ketones is 1. The molecule has 1 aliphatic heterocycles. The van der Waals surface area contributed by atoms with Crippen molar-refractivity contribution in [2.75, 3.05) is 0 Å². The summed E-state index contributed by atoms with van der Waals surface area (Å²) in [6.45, 7) is 4.03. The Kier molecular flexibility index (Phi) is 3.74. The maximum absolute atomic E-state index is 12.2. The number of oxime groups is 1. The largest absolute Gasteiger partial charge is 0.384 e. The Morgan fingerprint density at radius 1 is 1.32 bits per heavy atom. The number of aryl methyl sites for hydroxylation is 2. The van der Waals surface area contributed by atoms with Gasteiger partial charge in [0.2, 0.25) is 0 Å². The number of nitrogens with zero attached hydrogens (tertiary/aromatic N) is 3. The molecule has 0 radical (unpaired) electrons. The summed E-state index contributed by atoms with van der Waals surface area (Å²) in [5.74, 6) is 0.859. The lowest BCUT2D eigenvalue weighted by Gasteiger charge is -2.20. The first-order valence-corrected chi connectivity index (χ1v) is 8.84. The molecule has 25 heavy (non-hydrogen) atoms. The van der Waals surface area contributed by atoms with E-state index in [4.69, 9.17) is 4.84 Å². The number of hydrogen-bond acceptors (Lipinski definition) is 4. The van der Waals surface area contributed by atoms with Crippen molar-refractivity contribution in [1.82, 2.24) is 9.78 Å². The van der Waals surface area contributed by atoms with Crippen molar-refractivity contribution in [2.45, 2.75) is 45.1 Å². The molecule has 1 aromatic heterocycles. The number of carbonyl (C=O) groups excluding carboxylic acids is 1. The van der Waals surface area contributed by atoms with Crippen LogP contribution in [0.25, 0.3) is 0 Å². The Morgan fingerprint density at radius 3 is 2.64 bits per heavy atom. The van der Waals surface area contributed by atoms with Crippen LogP contribution in [0.15, 0.2) is 35.6 Å². The molecule has 0 amide bonds. The van der Waals surface area contributed by atoms with Gasteiger partial charge in [-0.15, -0.1) is 0 Å². The zero-order valence-electron chi connectivity index (χ0n) is 15.0. The second-order valence-electron chi connectivity index (χ2n) is 7.49. The van der Waals surface area contributed by atoms with Gasteiger partial charge < -0.3 is 4.84 Å². The van der Waals surface area contributed by atoms with E-state index in [0.717, 1.165) is 28.1 Å². The van der Waals surface area contributed by atoms with Crippen LogP contribution in [-0.2, 0) is 17.5 Å². The third kappa shape index (κ3) is 3.11. The lowest BCUT2D eigenvalue weighted by molar-refractivity contribution is -0.00789. The first-order chi connectivity index (χ1) is 11.9. The van der Waals surface area contributed by atoms with E-state index in [2.05, 4.69) is 10.3 Å². The monoisotopic (exact) mass is 337 g/mol. The van der Waals surface area contributed by atoms with Crippen molar-refractivity contribution in [3.05, 3.63) is 52.8 Å². The zero-order chi connectivity index (χ0) is 17.6. The Labute approximate surface area is 147 Å². The molecule has 4 rings (SSSR count). The summed E-state index contributed by atoms with van der Waals surface area (Å²) in [5.41, 5.74) is 4.24. The normalized spacial score (nSPS) is 22.6. The molecular weight excluding hydrogens is 314 g/mol. The summed E-state index contributed by atoms with van der Waals surface area (Å²) in [7, 11) is 1.91. The molecule has 2 aromatic rings. The van der Waals surface area contributed by atoms with Crippen LogP contribution in [0.1, 0.15) is 59.8 Å². The molecule has 1 aliphatic carbocycles. The predicted molar refractivity (Wildman–Crippen MR) is 95.6 cm³/mol. The van der Waals surface area contributed by atoms with Gasteiger partial charge in [0.05, 0.1) is 11.4 Å². The summed E-state index contributed by atoms with van der Waals surface area (Å²) in [6, 6.07) is 7.77. The van der Waals surface area contributed by atoms with E-state index in [1.54, 1.807) is 4.68 Å². The van der Waals surface area contributed by atoms with E-state index in [9.17, 15) is 4.79 Å². The molecular formula is C20H23N3O2. The van der Waals surface area contributed by atoms with Gasteiger partial charge in [0, 0.05) is 37.2 Å². The lowest BCUT2D eigenvalue weighted by Crippen LogP contribution is -2.22. The molecule has 0 bridgehead atoms. The molecule has 2 heterocycles. The van der Waals surface area contributed by atoms with E-state index >= 15 is 0 Å². The van der Waals surface area contributed by atoms with Crippen LogP contribution in [-0.4, -0.2) is 21.3 Å². The van der Waals surface area contributed by atoms with Gasteiger partial charge >= 0.3 is 0 Å². The lowest BCUT2D eigenvalue weighted by atomic mass is 9.89. The maximum atomic E-state index is 12.2. The third-order valence-corrected chi connectivity index (χ3v) is 5.16. The number of rotatable bonds is 5. The van der Waals surface area contributed by atoms with Gasteiger partial charge in [0.15, 0.2) is 11.4 Å². The SMILES string of the molecule is Cc1nn(C)cc1C1(C)CC(c2ccc(C(=O)CC3CC3)cc2)=NO1. The van der Waals surface area contributed by atoms with E-state index in [1.165, 1.54) is 12.8 Å². The summed E-state index contributed by atoms with van der Waals surface area (Å²) in [4.78, 5) is 18.0. The van der Waals surface area contributed by atoms with Crippen molar-refractivity contribution >= 4 is 11.5 Å². The van der Waals surface area contributed by atoms with Gasteiger partial charge in [0.25, 0.3) is 0 Å². The third-order valence-electron chi connectivity index (χ3n) is 5.16. The molecule has 1 aromatic carbocycles. The maximum Gasteiger partial charge on any atom is 0.168 e. The minimum atomic E-state index is -0.492. The average Bonchev–Trinajstić information content (AvgIpc) is 3.20. The van der Waals surface area contributed by atoms with Gasteiger partial charge in [-0.2, -0.15) is 5.10 Å². The fourth-order valence-electron chi connectivity index (χ4n) is 3.51. The minimum Gasteiger partial charge on any atom is -0.384 e. The van der Waals surface area contributed by atoms with Crippen LogP contribution in [0.3, 0.4) is 0 Å². The van der Waals surface area contributed by atoms with Gasteiger partial charge in [-0.05, 0) is 38.2 Å². The molecule has 1 fully saturated rings. The Bertz CT molecular complexity index is 846. The molecule has 0 saturated heterocycles. The Morgan fingerprint density at radius 2 is 2.04 bits per heavy atom. The van der Waals surface area contributed by atoms with Crippen LogP contribution in [0, 0.1) is 12.8 Å². The topological polar surface area (TPSA) is 56.5 Å². The minimum absolute atomic E-state index is 0.245. The Hall–Kier alpha value is -2.43. The van der Waals surface area contributed by atoms with Crippen molar-refractivity contribution in [3.8, 4) is 0 Å². The van der Waals surface area contributed by atoms with Crippen molar-refractivity contribution in [1.29, 1.82) is 0 Å². The second kappa shape index (κ2) is 5.83. The van der Waals surface area contributed by atoms with Crippen LogP contribution >= 0.6 is 0 Å². The van der Waals surface area contributed by atoms with Gasteiger partial charge in [-0.1, -0.05) is 29.4 Å². The van der Waals surface area contributed by atoms with Crippen LogP contribution in [0.2, 0.25) is 0 Å². The van der Waals surface area contributed by atoms with E-state index in [0.29, 0.717) is 18.8 Å². The highest BCUT2D eigenvalue weighted by molar-refractivity contribution is 6.03. The van der Waals surface area contributed by atoms with Crippen LogP contribution in [0.4, 0.5) is 0 Å². The van der Waals surface area contributed by atoms with E-state index in [1.807, 2.05) is 51.4 Å². The summed E-state index contributed by atoms with van der Waals surface area (Å²) in [6.07, 6.45) is 5.76. The molecule has 130 valence electrons. The molecule has 1 atom stereocenters. The number of hydrogen-bond donors (Lipinski definition) is 0. The zero-order valence-corrected chi connectivity index (χ0v) is 15.0. The summed E-state index contributed by atoms with van der Waals surface area (Å²) < 4.78 is 1.80. The molecule has 0 spiro atoms. The first kappa shape index (κ1) is 16.1. The molecule has 0 N–H and O–H groups in total. The molecule has 1 saturated carbocycles. The Balaban J connectivity index is 1.49. The van der Waals surface area contributed by atoms with E-state index in [-0.39, 0.29) is 5.78 Å². The smallest absolute Gasteiger partial charge is 0.168 e. The first-order valence-electron chi connectivity index (χ1n) is 8.84. The number of Topliss-reactive ketones (excluding diaryl/α,β-unsaturated/α-hetero) is 1. The van der Waals surface area contributed by atoms with Gasteiger partial charge in [0.1, 0.15) is 0 Å². The van der Waals surface area contributed by atoms with Gasteiger partial charge in [-0.25, -0.2) is 0 Å². The molecule has 5 nitrogen and oxygen atoms in total. The standard InChI is InChI=1S/C20H23N3O2/c1-13-17(12-23(3)21-13)20(2)11-18(22-25-20)15-6-8-16(9-7-15)19(24)10-14-4-5-14/h6-9,12,14H,4-5,10-11H2,1-3H3.